The molecule has 2 aromatic rings. The van der Waals surface area contributed by atoms with Gasteiger partial charge in [-0.2, -0.15) is 36.3 Å². The normalized spacial score (nSPS) is 15.7. The summed E-state index contributed by atoms with van der Waals surface area (Å²) in [7, 11) is 2.59. The van der Waals surface area contributed by atoms with E-state index in [2.05, 4.69) is 9.97 Å². The first-order valence-corrected chi connectivity index (χ1v) is 11.1. The summed E-state index contributed by atoms with van der Waals surface area (Å²) < 4.78 is 86.1. The van der Waals surface area contributed by atoms with E-state index in [0.717, 1.165) is 12.1 Å². The molecule has 0 saturated carbocycles. The number of amides is 1. The number of halogens is 6. The van der Waals surface area contributed by atoms with Crippen LogP contribution in [0.25, 0.3) is 0 Å². The fourth-order valence-electron chi connectivity index (χ4n) is 3.40. The number of hydroxylamine groups is 3. The summed E-state index contributed by atoms with van der Waals surface area (Å²) in [6, 6.07) is 3.25. The molecule has 202 valence electrons. The van der Waals surface area contributed by atoms with Crippen LogP contribution in [0.4, 0.5) is 26.3 Å². The number of aromatic nitrogens is 2. The van der Waals surface area contributed by atoms with Crippen LogP contribution in [0.2, 0.25) is 0 Å². The number of ether oxygens (including phenoxy) is 2. The number of piperazine rings is 1. The Morgan fingerprint density at radius 1 is 0.946 bits per heavy atom. The Balaban J connectivity index is 1.81. The molecule has 17 heteroatoms. The lowest BCUT2D eigenvalue weighted by atomic mass is 10.2. The lowest BCUT2D eigenvalue weighted by molar-refractivity contribution is -1.10. The zero-order chi connectivity index (χ0) is 27.6. The molecule has 0 N–H and O–H groups in total. The van der Waals surface area contributed by atoms with Crippen molar-refractivity contribution in [2.75, 3.05) is 40.4 Å². The molecule has 0 bridgehead atoms. The van der Waals surface area contributed by atoms with E-state index in [0.29, 0.717) is 11.3 Å². The molecule has 0 aliphatic carbocycles. The van der Waals surface area contributed by atoms with Crippen LogP contribution in [-0.2, 0) is 16.2 Å². The van der Waals surface area contributed by atoms with Gasteiger partial charge in [-0.1, -0.05) is 0 Å². The van der Waals surface area contributed by atoms with Crippen molar-refractivity contribution in [1.29, 1.82) is 0 Å². The van der Waals surface area contributed by atoms with E-state index >= 15 is 0 Å². The van der Waals surface area contributed by atoms with Crippen molar-refractivity contribution < 1.29 is 59.7 Å². The topological polar surface area (TPSA) is 108 Å². The van der Waals surface area contributed by atoms with Gasteiger partial charge in [-0.15, -0.1) is 16.0 Å². The van der Waals surface area contributed by atoms with Gasteiger partial charge in [0, 0.05) is 0 Å². The van der Waals surface area contributed by atoms with E-state index in [9.17, 15) is 40.7 Å². The second-order valence-corrected chi connectivity index (χ2v) is 8.78. The average Bonchev–Trinajstić information content (AvgIpc) is 3.32. The first kappa shape index (κ1) is 28.1. The number of rotatable bonds is 7. The molecule has 10 nitrogen and oxygen atoms in total. The molecule has 1 fully saturated rings. The second-order valence-electron chi connectivity index (χ2n) is 7.69. The molecule has 37 heavy (non-hydrogen) atoms. The number of ketones is 1. The molecule has 2 aromatic heterocycles. The van der Waals surface area contributed by atoms with Crippen LogP contribution in [0.5, 0.6) is 11.8 Å². The summed E-state index contributed by atoms with van der Waals surface area (Å²) in [5, 5.41) is 0. The van der Waals surface area contributed by atoms with Gasteiger partial charge < -0.3 is 14.4 Å². The van der Waals surface area contributed by atoms with Gasteiger partial charge in [0.25, 0.3) is 11.7 Å². The van der Waals surface area contributed by atoms with Crippen LogP contribution < -0.4 is 9.47 Å². The molecule has 1 saturated heterocycles. The summed E-state index contributed by atoms with van der Waals surface area (Å²) in [5.41, 5.74) is 0. The summed E-state index contributed by atoms with van der Waals surface area (Å²) in [4.78, 5) is 49.1. The summed E-state index contributed by atoms with van der Waals surface area (Å²) in [6.07, 6.45) is -10.4. The van der Waals surface area contributed by atoms with Gasteiger partial charge in [-0.25, -0.2) is 4.79 Å². The minimum absolute atomic E-state index is 0.0397. The van der Waals surface area contributed by atoms with Crippen LogP contribution in [0.1, 0.15) is 25.2 Å². The molecule has 0 spiro atoms. The minimum atomic E-state index is -5.30. The summed E-state index contributed by atoms with van der Waals surface area (Å²) in [5.74, 6) is -5.28. The number of methoxy groups -OCH3 is 2. The fraction of sp³-hybridized carbons (Fsp3) is 0.450. The Morgan fingerprint density at radius 3 is 1.97 bits per heavy atom. The maximum Gasteiger partial charge on any atom is 0.497 e. The van der Waals surface area contributed by atoms with Gasteiger partial charge in [0.15, 0.2) is 12.4 Å². The van der Waals surface area contributed by atoms with Crippen molar-refractivity contribution in [3.8, 4) is 11.8 Å². The predicted molar refractivity (Wildman–Crippen MR) is 112 cm³/mol. The molecule has 0 radical (unpaired) electrons. The van der Waals surface area contributed by atoms with Crippen LogP contribution in [-0.4, -0.2) is 89.9 Å². The molecular weight excluding hydrogens is 538 g/mol. The average molecular weight is 557 g/mol. The number of hydrogen-bond donors (Lipinski definition) is 0. The van der Waals surface area contributed by atoms with Crippen molar-refractivity contribution in [2.24, 2.45) is 0 Å². The van der Waals surface area contributed by atoms with Gasteiger partial charge >= 0.3 is 18.3 Å². The highest BCUT2D eigenvalue weighted by Crippen LogP contribution is 2.29. The Labute approximate surface area is 208 Å². The summed E-state index contributed by atoms with van der Waals surface area (Å²) >= 11 is 0.347. The van der Waals surface area contributed by atoms with Crippen molar-refractivity contribution in [3.63, 3.8) is 0 Å². The first-order chi connectivity index (χ1) is 17.2. The van der Waals surface area contributed by atoms with Gasteiger partial charge in [-0.3, -0.25) is 14.4 Å². The number of carbonyl (C=O) groups excluding carboxylic acids is 3. The number of Topliss-reactive ketones (excluding diaryl/α,β-unsaturated/α-hetero) is 1. The van der Waals surface area contributed by atoms with Gasteiger partial charge in [-0.05, 0) is 12.1 Å². The number of nitrogens with zero attached hydrogens (tertiary/aromatic N) is 4. The quantitative estimate of drug-likeness (QED) is 0.291. The van der Waals surface area contributed by atoms with Crippen LogP contribution in [0.15, 0.2) is 18.2 Å². The molecule has 3 rings (SSSR count). The molecule has 0 aromatic carbocycles. The zero-order valence-electron chi connectivity index (χ0n) is 19.2. The second kappa shape index (κ2) is 10.5. The predicted octanol–water partition coefficient (Wildman–Crippen LogP) is 2.79. The smallest absolute Gasteiger partial charge is 0.481 e. The molecule has 3 heterocycles. The number of carbonyl (C=O) groups is 3. The van der Waals surface area contributed by atoms with Crippen LogP contribution in [0.3, 0.4) is 0 Å². The van der Waals surface area contributed by atoms with E-state index in [4.69, 9.17) is 14.3 Å². The highest BCUT2D eigenvalue weighted by Gasteiger charge is 2.50. The number of quaternary nitrogens is 1. The third kappa shape index (κ3) is 6.65. The van der Waals surface area contributed by atoms with Gasteiger partial charge in [0.2, 0.25) is 11.8 Å². The molecular formula is C20H19F6N4O6S+. The van der Waals surface area contributed by atoms with Crippen molar-refractivity contribution in [1.82, 2.24) is 14.9 Å². The maximum atomic E-state index is 13.0. The molecule has 0 atom stereocenters. The Hall–Kier alpha value is -3.47. The van der Waals surface area contributed by atoms with Crippen LogP contribution in [0, 0.1) is 0 Å². The van der Waals surface area contributed by atoms with Crippen molar-refractivity contribution in [2.45, 2.75) is 18.9 Å². The number of alkyl halides is 6. The van der Waals surface area contributed by atoms with Crippen molar-refractivity contribution in [3.05, 3.63) is 33.8 Å². The molecule has 1 amide bonds. The Kier molecular flexibility index (Phi) is 7.97. The SMILES string of the molecule is COc1cc(OC)nc(C[N+]2(OC(=O)C(F)(F)F)CCN(C(=O)c3ccc(C(=O)C(F)(F)F)s3)CC2)n1. The lowest BCUT2D eigenvalue weighted by Crippen LogP contribution is -2.61. The fourth-order valence-corrected chi connectivity index (χ4v) is 4.33. The number of thiophene rings is 1. The lowest BCUT2D eigenvalue weighted by Gasteiger charge is -2.40. The highest BCUT2D eigenvalue weighted by atomic mass is 32.1. The van der Waals surface area contributed by atoms with E-state index < -0.39 is 46.1 Å². The number of hydrogen-bond acceptors (Lipinski definition) is 9. The third-order valence-corrected chi connectivity index (χ3v) is 6.29. The van der Waals surface area contributed by atoms with Gasteiger partial charge in [0.1, 0.15) is 13.1 Å². The van der Waals surface area contributed by atoms with Crippen LogP contribution >= 0.6 is 11.3 Å². The Morgan fingerprint density at radius 2 is 1.49 bits per heavy atom. The third-order valence-electron chi connectivity index (χ3n) is 5.22. The van der Waals surface area contributed by atoms with Gasteiger partial charge in [0.05, 0.1) is 43.1 Å². The molecule has 1 aliphatic rings. The zero-order valence-corrected chi connectivity index (χ0v) is 20.0. The summed E-state index contributed by atoms with van der Waals surface area (Å²) in [6.45, 7) is -1.54. The first-order valence-electron chi connectivity index (χ1n) is 10.3. The highest BCUT2D eigenvalue weighted by molar-refractivity contribution is 7.16. The largest absolute Gasteiger partial charge is 0.497 e. The molecule has 0 unspecified atom stereocenters. The Bertz CT molecular complexity index is 1150. The van der Waals surface area contributed by atoms with E-state index in [1.165, 1.54) is 25.2 Å². The van der Waals surface area contributed by atoms with Crippen molar-refractivity contribution >= 4 is 29.0 Å². The molecule has 1 aliphatic heterocycles. The maximum absolute atomic E-state index is 13.0. The standard InChI is InChI=1S/C20H19F6N4O6S/c1-34-14-9-15(35-2)28-13(27-14)10-30(36-18(33)20(24,25)26)7-5-29(6-8-30)17(32)12-4-3-11(37-12)16(31)19(21,22)23/h3-4,9H,5-8,10H2,1-2H3/q+1. The van der Waals surface area contributed by atoms with E-state index in [1.54, 1.807) is 0 Å². The van der Waals surface area contributed by atoms with E-state index in [1.807, 2.05) is 0 Å². The van der Waals surface area contributed by atoms with E-state index in [-0.39, 0.29) is 48.6 Å². The minimum Gasteiger partial charge on any atom is -0.481 e. The monoisotopic (exact) mass is 557 g/mol.